The second-order valence-electron chi connectivity index (χ2n) is 7.10. The topological polar surface area (TPSA) is 43.7 Å². The number of nitrogens with zero attached hydrogens (tertiary/aromatic N) is 1. The fourth-order valence-corrected chi connectivity index (χ4v) is 4.63. The molecule has 1 aliphatic heterocycles. The summed E-state index contributed by atoms with van der Waals surface area (Å²) in [5, 5.41) is 20.5. The van der Waals surface area contributed by atoms with E-state index in [1.165, 1.54) is 17.7 Å². The predicted octanol–water partition coefficient (Wildman–Crippen LogP) is 2.39. The molecule has 4 rings (SSSR count). The van der Waals surface area contributed by atoms with Gasteiger partial charge >= 0.3 is 0 Å². The number of hydrogen-bond acceptors (Lipinski definition) is 3. The molecule has 3 nitrogen and oxygen atoms in total. The van der Waals surface area contributed by atoms with Crippen LogP contribution in [0.1, 0.15) is 17.0 Å². The van der Waals surface area contributed by atoms with Gasteiger partial charge in [-0.2, -0.15) is 0 Å². The van der Waals surface area contributed by atoms with Crippen molar-refractivity contribution in [3.05, 3.63) is 71.5 Å². The highest BCUT2D eigenvalue weighted by atomic mass is 19.1. The zero-order chi connectivity index (χ0) is 16.7. The summed E-state index contributed by atoms with van der Waals surface area (Å²) < 4.78 is 13.1. The highest BCUT2D eigenvalue weighted by molar-refractivity contribution is 5.36. The van der Waals surface area contributed by atoms with Gasteiger partial charge in [0.25, 0.3) is 0 Å². The summed E-state index contributed by atoms with van der Waals surface area (Å²) in [6.45, 7) is 2.15. The van der Waals surface area contributed by atoms with Crippen molar-refractivity contribution in [3.63, 3.8) is 0 Å². The number of β-amino-alcohol motifs (C(OH)–C–C–N with tert-alkyl or cyclic N) is 1. The molecule has 1 saturated carbocycles. The summed E-state index contributed by atoms with van der Waals surface area (Å²) in [5.41, 5.74) is 1.98. The van der Waals surface area contributed by atoms with E-state index in [0.29, 0.717) is 13.1 Å². The summed E-state index contributed by atoms with van der Waals surface area (Å²) in [6, 6.07) is 16.7. The van der Waals surface area contributed by atoms with Crippen LogP contribution in [0.15, 0.2) is 54.6 Å². The average Bonchev–Trinajstić information content (AvgIpc) is 3.14. The van der Waals surface area contributed by atoms with Gasteiger partial charge in [0.15, 0.2) is 0 Å². The smallest absolute Gasteiger partial charge is 0.123 e. The van der Waals surface area contributed by atoms with Crippen LogP contribution in [0.3, 0.4) is 0 Å². The third-order valence-electron chi connectivity index (χ3n) is 5.79. The molecule has 126 valence electrons. The Bertz CT molecular complexity index is 705. The summed E-state index contributed by atoms with van der Waals surface area (Å²) in [6.07, 6.45) is -0.444. The Kier molecular flexibility index (Phi) is 3.91. The molecule has 1 heterocycles. The molecule has 4 atom stereocenters. The van der Waals surface area contributed by atoms with E-state index in [0.717, 1.165) is 12.1 Å². The van der Waals surface area contributed by atoms with E-state index in [1.54, 1.807) is 12.1 Å². The zero-order valence-corrected chi connectivity index (χ0v) is 13.5. The molecular weight excluding hydrogens is 305 g/mol. The van der Waals surface area contributed by atoms with Gasteiger partial charge in [0.1, 0.15) is 5.82 Å². The minimum Gasteiger partial charge on any atom is -0.396 e. The number of benzene rings is 2. The molecule has 0 radical (unpaired) electrons. The Balaban J connectivity index is 1.53. The van der Waals surface area contributed by atoms with Crippen LogP contribution in [0, 0.1) is 17.2 Å². The summed E-state index contributed by atoms with van der Waals surface area (Å²) in [7, 11) is 0. The molecule has 0 unspecified atom stereocenters. The first kappa shape index (κ1) is 15.8. The third-order valence-corrected chi connectivity index (χ3v) is 5.79. The number of hydrogen-bond donors (Lipinski definition) is 2. The maximum absolute atomic E-state index is 13.1. The third kappa shape index (κ3) is 2.46. The predicted molar refractivity (Wildman–Crippen MR) is 89.9 cm³/mol. The number of aliphatic hydroxyl groups excluding tert-OH is 2. The SMILES string of the molecule is OC[C@@H]1[C@@H](c2ccccc2)[C@]12CN(Cc1ccc(F)cc1)C[C@H]2O. The highest BCUT2D eigenvalue weighted by Gasteiger charge is 2.70. The molecular formula is C20H22FNO2. The quantitative estimate of drug-likeness (QED) is 0.906. The van der Waals surface area contributed by atoms with Gasteiger partial charge in [-0.25, -0.2) is 4.39 Å². The minimum absolute atomic E-state index is 0.0982. The first-order chi connectivity index (χ1) is 11.6. The van der Waals surface area contributed by atoms with Crippen molar-refractivity contribution in [1.82, 2.24) is 4.90 Å². The summed E-state index contributed by atoms with van der Waals surface area (Å²) in [5.74, 6) is 0.0772. The van der Waals surface area contributed by atoms with Crippen molar-refractivity contribution in [2.45, 2.75) is 18.6 Å². The molecule has 1 saturated heterocycles. The van der Waals surface area contributed by atoms with Crippen LogP contribution in [0.4, 0.5) is 4.39 Å². The Morgan fingerprint density at radius 3 is 2.46 bits per heavy atom. The van der Waals surface area contributed by atoms with Gasteiger partial charge in [-0.3, -0.25) is 4.90 Å². The number of halogens is 1. The molecule has 24 heavy (non-hydrogen) atoms. The van der Waals surface area contributed by atoms with E-state index in [4.69, 9.17) is 0 Å². The van der Waals surface area contributed by atoms with E-state index < -0.39 is 6.10 Å². The van der Waals surface area contributed by atoms with Crippen molar-refractivity contribution < 1.29 is 14.6 Å². The molecule has 2 aliphatic rings. The van der Waals surface area contributed by atoms with Gasteiger partial charge in [0.2, 0.25) is 0 Å². The van der Waals surface area contributed by atoms with E-state index in [2.05, 4.69) is 17.0 Å². The van der Waals surface area contributed by atoms with Crippen LogP contribution < -0.4 is 0 Å². The minimum atomic E-state index is -0.444. The zero-order valence-electron chi connectivity index (χ0n) is 13.5. The van der Waals surface area contributed by atoms with Gasteiger partial charge in [0, 0.05) is 31.7 Å². The molecule has 2 aromatic rings. The van der Waals surface area contributed by atoms with Crippen LogP contribution >= 0.6 is 0 Å². The molecule has 0 amide bonds. The van der Waals surface area contributed by atoms with E-state index in [-0.39, 0.29) is 29.7 Å². The molecule has 4 heteroatoms. The lowest BCUT2D eigenvalue weighted by molar-refractivity contribution is 0.111. The molecule has 1 aliphatic carbocycles. The molecule has 2 fully saturated rings. The van der Waals surface area contributed by atoms with Gasteiger partial charge in [-0.15, -0.1) is 0 Å². The van der Waals surface area contributed by atoms with Gasteiger partial charge in [0.05, 0.1) is 6.10 Å². The van der Waals surface area contributed by atoms with Gasteiger partial charge in [-0.1, -0.05) is 42.5 Å². The van der Waals surface area contributed by atoms with Crippen LogP contribution in [-0.4, -0.2) is 40.9 Å². The fourth-order valence-electron chi connectivity index (χ4n) is 4.63. The maximum atomic E-state index is 13.1. The lowest BCUT2D eigenvalue weighted by Gasteiger charge is -2.16. The monoisotopic (exact) mass is 327 g/mol. The Morgan fingerprint density at radius 2 is 1.79 bits per heavy atom. The summed E-state index contributed by atoms with van der Waals surface area (Å²) in [4.78, 5) is 2.21. The van der Waals surface area contributed by atoms with Crippen LogP contribution in [-0.2, 0) is 6.54 Å². The van der Waals surface area contributed by atoms with Crippen molar-refractivity contribution in [1.29, 1.82) is 0 Å². The van der Waals surface area contributed by atoms with Crippen LogP contribution in [0.25, 0.3) is 0 Å². The summed E-state index contributed by atoms with van der Waals surface area (Å²) >= 11 is 0. The largest absolute Gasteiger partial charge is 0.396 e. The number of aliphatic hydroxyl groups is 2. The number of rotatable bonds is 4. The first-order valence-electron chi connectivity index (χ1n) is 8.46. The van der Waals surface area contributed by atoms with E-state index in [9.17, 15) is 14.6 Å². The fraction of sp³-hybridized carbons (Fsp3) is 0.400. The van der Waals surface area contributed by atoms with E-state index in [1.807, 2.05) is 18.2 Å². The normalized spacial score (nSPS) is 32.4. The molecule has 2 N–H and O–H groups in total. The average molecular weight is 327 g/mol. The number of likely N-dealkylation sites (tertiary alicyclic amines) is 1. The van der Waals surface area contributed by atoms with E-state index >= 15 is 0 Å². The first-order valence-corrected chi connectivity index (χ1v) is 8.46. The molecule has 0 aromatic heterocycles. The Labute approximate surface area is 141 Å². The Hall–Kier alpha value is -1.75. The molecule has 0 bridgehead atoms. The van der Waals surface area contributed by atoms with Crippen LogP contribution in [0.5, 0.6) is 0 Å². The highest BCUT2D eigenvalue weighted by Crippen LogP contribution is 2.68. The lowest BCUT2D eigenvalue weighted by atomic mass is 9.95. The standard InChI is InChI=1S/C20H22FNO2/c21-16-8-6-14(7-9-16)10-22-11-18(24)20(13-22)17(12-23)19(20)15-4-2-1-3-5-15/h1-9,17-19,23-24H,10-13H2/t17-,18-,19-,20-/m1/s1. The second-order valence-corrected chi connectivity index (χ2v) is 7.10. The van der Waals surface area contributed by atoms with Crippen molar-refractivity contribution in [3.8, 4) is 0 Å². The van der Waals surface area contributed by atoms with Gasteiger partial charge in [-0.05, 0) is 35.1 Å². The molecule has 1 spiro atoms. The molecule has 2 aromatic carbocycles. The van der Waals surface area contributed by atoms with Crippen molar-refractivity contribution >= 4 is 0 Å². The van der Waals surface area contributed by atoms with Crippen LogP contribution in [0.2, 0.25) is 0 Å². The maximum Gasteiger partial charge on any atom is 0.123 e. The second kappa shape index (κ2) is 5.96. The van der Waals surface area contributed by atoms with Gasteiger partial charge < -0.3 is 10.2 Å². The Morgan fingerprint density at radius 1 is 1.08 bits per heavy atom. The lowest BCUT2D eigenvalue weighted by Crippen LogP contribution is -2.23. The van der Waals surface area contributed by atoms with Crippen molar-refractivity contribution in [2.24, 2.45) is 11.3 Å². The van der Waals surface area contributed by atoms with Crippen molar-refractivity contribution in [2.75, 3.05) is 19.7 Å².